The van der Waals surface area contributed by atoms with E-state index >= 15 is 0 Å². The molecule has 0 aromatic heterocycles. The summed E-state index contributed by atoms with van der Waals surface area (Å²) in [5, 5.41) is 10.9. The van der Waals surface area contributed by atoms with E-state index in [0.717, 1.165) is 11.3 Å². The van der Waals surface area contributed by atoms with Gasteiger partial charge in [0.25, 0.3) is 5.91 Å². The lowest BCUT2D eigenvalue weighted by atomic mass is 9.71. The number of hydrogen-bond donors (Lipinski definition) is 1. The van der Waals surface area contributed by atoms with Gasteiger partial charge in [0, 0.05) is 5.69 Å². The molecule has 0 radical (unpaired) electrons. The third-order valence-electron chi connectivity index (χ3n) is 4.27. The van der Waals surface area contributed by atoms with Crippen LogP contribution in [0.25, 0.3) is 0 Å². The molecule has 21 heavy (non-hydrogen) atoms. The van der Waals surface area contributed by atoms with Gasteiger partial charge in [-0.2, -0.15) is 0 Å². The van der Waals surface area contributed by atoms with E-state index in [9.17, 15) is 9.90 Å². The zero-order valence-corrected chi connectivity index (χ0v) is 12.2. The van der Waals surface area contributed by atoms with Crippen molar-refractivity contribution in [2.75, 3.05) is 4.90 Å². The maximum Gasteiger partial charge on any atom is 0.262 e. The molecule has 1 aliphatic heterocycles. The largest absolute Gasteiger partial charge is 0.377 e. The van der Waals surface area contributed by atoms with Crippen LogP contribution in [0.3, 0.4) is 0 Å². The van der Waals surface area contributed by atoms with Crippen molar-refractivity contribution in [2.24, 2.45) is 5.92 Å². The lowest BCUT2D eigenvalue weighted by Gasteiger charge is -2.55. The van der Waals surface area contributed by atoms with Crippen molar-refractivity contribution >= 4 is 11.6 Å². The molecular weight excluding hydrogens is 262 g/mol. The Balaban J connectivity index is 2.07. The van der Waals surface area contributed by atoms with Crippen molar-refractivity contribution < 1.29 is 9.90 Å². The summed E-state index contributed by atoms with van der Waals surface area (Å²) in [5.41, 5.74) is 0.441. The number of carbonyl (C=O) groups is 1. The molecule has 0 bridgehead atoms. The molecule has 3 heteroatoms. The molecule has 1 fully saturated rings. The van der Waals surface area contributed by atoms with Gasteiger partial charge in [-0.05, 0) is 23.6 Å². The van der Waals surface area contributed by atoms with Crippen molar-refractivity contribution in [3.05, 3.63) is 66.2 Å². The third-order valence-corrected chi connectivity index (χ3v) is 4.27. The predicted molar refractivity (Wildman–Crippen MR) is 82.9 cm³/mol. The van der Waals surface area contributed by atoms with Gasteiger partial charge in [-0.1, -0.05) is 62.4 Å². The Kier molecular flexibility index (Phi) is 3.30. The Hall–Kier alpha value is -2.13. The summed E-state index contributed by atoms with van der Waals surface area (Å²) in [7, 11) is 0. The molecule has 2 aromatic rings. The predicted octanol–water partition coefficient (Wildman–Crippen LogP) is 3.16. The first-order chi connectivity index (χ1) is 10.1. The van der Waals surface area contributed by atoms with Gasteiger partial charge in [-0.15, -0.1) is 0 Å². The first kappa shape index (κ1) is 13.8. The molecule has 3 nitrogen and oxygen atoms in total. The molecular formula is C18H19NO2. The van der Waals surface area contributed by atoms with Crippen LogP contribution in [0.15, 0.2) is 60.7 Å². The van der Waals surface area contributed by atoms with Crippen LogP contribution in [0.5, 0.6) is 0 Å². The standard InChI is InChI=1S/C18H19NO2/c1-13(2)18(21)16(14-9-5-3-6-10-14)19(17(18)20)15-11-7-4-8-12-15/h3-13,16,21H,1-2H3/t16-,18-/m0/s1. The Morgan fingerprint density at radius 1 is 1.00 bits per heavy atom. The highest BCUT2D eigenvalue weighted by Crippen LogP contribution is 2.49. The van der Waals surface area contributed by atoms with Crippen LogP contribution < -0.4 is 4.90 Å². The Morgan fingerprint density at radius 3 is 2.05 bits per heavy atom. The number of benzene rings is 2. The second kappa shape index (κ2) is 5.01. The maximum atomic E-state index is 12.6. The highest BCUT2D eigenvalue weighted by atomic mass is 16.3. The highest BCUT2D eigenvalue weighted by molar-refractivity contribution is 6.08. The number of amides is 1. The second-order valence-corrected chi connectivity index (χ2v) is 5.80. The number of β-lactam (4-membered cyclic amide) rings is 1. The SMILES string of the molecule is CC(C)[C@@]1(O)C(=O)N(c2ccccc2)[C@H]1c1ccccc1. The summed E-state index contributed by atoms with van der Waals surface area (Å²) in [6, 6.07) is 18.9. The summed E-state index contributed by atoms with van der Waals surface area (Å²) in [6.45, 7) is 3.77. The Bertz CT molecular complexity index is 639. The summed E-state index contributed by atoms with van der Waals surface area (Å²) in [5.74, 6) is -0.368. The summed E-state index contributed by atoms with van der Waals surface area (Å²) in [4.78, 5) is 14.3. The average molecular weight is 281 g/mol. The average Bonchev–Trinajstić information content (AvgIpc) is 2.52. The van der Waals surface area contributed by atoms with Crippen molar-refractivity contribution in [3.8, 4) is 0 Å². The van der Waals surface area contributed by atoms with Crippen LogP contribution in [0.2, 0.25) is 0 Å². The van der Waals surface area contributed by atoms with Gasteiger partial charge in [0.1, 0.15) is 6.04 Å². The van der Waals surface area contributed by atoms with Gasteiger partial charge in [0.2, 0.25) is 0 Å². The monoisotopic (exact) mass is 281 g/mol. The zero-order valence-electron chi connectivity index (χ0n) is 12.2. The number of carbonyl (C=O) groups excluding carboxylic acids is 1. The fourth-order valence-corrected chi connectivity index (χ4v) is 3.01. The molecule has 0 aliphatic carbocycles. The molecule has 1 N–H and O–H groups in total. The molecule has 108 valence electrons. The minimum absolute atomic E-state index is 0.143. The number of anilines is 1. The van der Waals surface area contributed by atoms with Gasteiger partial charge < -0.3 is 5.11 Å². The van der Waals surface area contributed by atoms with E-state index in [1.807, 2.05) is 74.5 Å². The van der Waals surface area contributed by atoms with E-state index in [2.05, 4.69) is 0 Å². The number of para-hydroxylation sites is 1. The minimum atomic E-state index is -1.34. The van der Waals surface area contributed by atoms with Gasteiger partial charge in [0.15, 0.2) is 5.60 Å². The van der Waals surface area contributed by atoms with Gasteiger partial charge >= 0.3 is 0 Å². The van der Waals surface area contributed by atoms with E-state index in [0.29, 0.717) is 0 Å². The topological polar surface area (TPSA) is 40.5 Å². The quantitative estimate of drug-likeness (QED) is 0.878. The lowest BCUT2D eigenvalue weighted by molar-refractivity contribution is -0.161. The van der Waals surface area contributed by atoms with E-state index in [1.165, 1.54) is 0 Å². The third kappa shape index (κ3) is 1.96. The molecule has 2 aromatic carbocycles. The summed E-state index contributed by atoms with van der Waals surface area (Å²) < 4.78 is 0. The normalized spacial score (nSPS) is 25.0. The first-order valence-electron chi connectivity index (χ1n) is 7.23. The van der Waals surface area contributed by atoms with Gasteiger partial charge in [0.05, 0.1) is 0 Å². The maximum absolute atomic E-state index is 12.6. The summed E-state index contributed by atoms with van der Waals surface area (Å²) >= 11 is 0. The van der Waals surface area contributed by atoms with Crippen LogP contribution >= 0.6 is 0 Å². The van der Waals surface area contributed by atoms with Crippen LogP contribution in [-0.4, -0.2) is 16.6 Å². The van der Waals surface area contributed by atoms with Crippen molar-refractivity contribution in [2.45, 2.75) is 25.5 Å². The number of aliphatic hydroxyl groups is 1. The zero-order chi connectivity index (χ0) is 15.0. The number of nitrogens with zero attached hydrogens (tertiary/aromatic N) is 1. The van der Waals surface area contributed by atoms with E-state index in [-0.39, 0.29) is 17.9 Å². The number of rotatable bonds is 3. The molecule has 0 saturated carbocycles. The molecule has 2 atom stereocenters. The molecule has 3 rings (SSSR count). The highest BCUT2D eigenvalue weighted by Gasteiger charge is 2.62. The van der Waals surface area contributed by atoms with Crippen LogP contribution in [0, 0.1) is 5.92 Å². The molecule has 0 unspecified atom stereocenters. The second-order valence-electron chi connectivity index (χ2n) is 5.80. The van der Waals surface area contributed by atoms with Gasteiger partial charge in [-0.3, -0.25) is 9.69 Å². The van der Waals surface area contributed by atoms with Crippen molar-refractivity contribution in [3.63, 3.8) is 0 Å². The Morgan fingerprint density at radius 2 is 1.52 bits per heavy atom. The molecule has 1 saturated heterocycles. The smallest absolute Gasteiger partial charge is 0.262 e. The number of hydrogen-bond acceptors (Lipinski definition) is 2. The van der Waals surface area contributed by atoms with E-state index < -0.39 is 5.60 Å². The summed E-state index contributed by atoms with van der Waals surface area (Å²) in [6.07, 6.45) is 0. The molecule has 1 aliphatic rings. The molecule has 1 amide bonds. The Labute approximate surface area is 124 Å². The lowest BCUT2D eigenvalue weighted by Crippen LogP contribution is -2.71. The van der Waals surface area contributed by atoms with Crippen LogP contribution in [-0.2, 0) is 4.79 Å². The first-order valence-corrected chi connectivity index (χ1v) is 7.23. The molecule has 1 heterocycles. The van der Waals surface area contributed by atoms with E-state index in [1.54, 1.807) is 4.90 Å². The minimum Gasteiger partial charge on any atom is -0.377 e. The van der Waals surface area contributed by atoms with Crippen molar-refractivity contribution in [1.29, 1.82) is 0 Å². The van der Waals surface area contributed by atoms with Crippen LogP contribution in [0.4, 0.5) is 5.69 Å². The van der Waals surface area contributed by atoms with Gasteiger partial charge in [-0.25, -0.2) is 0 Å². The van der Waals surface area contributed by atoms with Crippen LogP contribution in [0.1, 0.15) is 25.5 Å². The fourth-order valence-electron chi connectivity index (χ4n) is 3.01. The molecule has 0 spiro atoms. The fraction of sp³-hybridized carbons (Fsp3) is 0.278. The van der Waals surface area contributed by atoms with E-state index in [4.69, 9.17) is 0 Å². The van der Waals surface area contributed by atoms with Crippen molar-refractivity contribution in [1.82, 2.24) is 0 Å².